The van der Waals surface area contributed by atoms with E-state index in [9.17, 15) is 9.59 Å². The van der Waals surface area contributed by atoms with Crippen LogP contribution in [0.1, 0.15) is 66.6 Å². The second-order valence-corrected chi connectivity index (χ2v) is 10.8. The van der Waals surface area contributed by atoms with Gasteiger partial charge in [0.1, 0.15) is 19.3 Å². The van der Waals surface area contributed by atoms with E-state index in [1.165, 1.54) is 6.42 Å². The van der Waals surface area contributed by atoms with Gasteiger partial charge in [-0.3, -0.25) is 19.5 Å². The van der Waals surface area contributed by atoms with Crippen LogP contribution < -0.4 is 19.7 Å². The summed E-state index contributed by atoms with van der Waals surface area (Å²) in [5.41, 5.74) is 3.79. The molecule has 1 aliphatic heterocycles. The lowest BCUT2D eigenvalue weighted by atomic mass is 9.94. The summed E-state index contributed by atoms with van der Waals surface area (Å²) in [4.78, 5) is 34.9. The Morgan fingerprint density at radius 2 is 1.71 bits per heavy atom. The van der Waals surface area contributed by atoms with Gasteiger partial charge in [-0.05, 0) is 78.9 Å². The van der Waals surface area contributed by atoms with Crippen molar-refractivity contribution in [1.29, 1.82) is 0 Å². The Morgan fingerprint density at radius 1 is 0.927 bits per heavy atom. The molecule has 0 unspecified atom stereocenters. The molecular formula is C34H35N3O4. The van der Waals surface area contributed by atoms with Crippen LogP contribution in [0, 0.1) is 0 Å². The molecule has 6 rings (SSSR count). The van der Waals surface area contributed by atoms with Crippen LogP contribution >= 0.6 is 0 Å². The van der Waals surface area contributed by atoms with Crippen LogP contribution in [0.25, 0.3) is 10.9 Å². The zero-order valence-corrected chi connectivity index (χ0v) is 23.3. The van der Waals surface area contributed by atoms with Crippen molar-refractivity contribution in [3.63, 3.8) is 0 Å². The number of carbonyl (C=O) groups excluding carboxylic acids is 2. The molecule has 2 heterocycles. The first-order chi connectivity index (χ1) is 20.1. The Kier molecular flexibility index (Phi) is 7.85. The number of aromatic nitrogens is 1. The molecule has 1 aliphatic carbocycles. The number of rotatable bonds is 7. The SMILES string of the molecule is CCc1ccc(N(C(=O)c2ccc3c(c2)OCCO3)[C@@H](C(=O)NC2CCCCC2)c2ccc3ncccc3c2)cc1. The number of nitrogens with zero attached hydrogens (tertiary/aromatic N) is 2. The molecule has 3 aromatic carbocycles. The molecule has 41 heavy (non-hydrogen) atoms. The maximum atomic E-state index is 14.5. The number of nitrogens with one attached hydrogen (secondary N) is 1. The van der Waals surface area contributed by atoms with Gasteiger partial charge in [0.15, 0.2) is 11.5 Å². The topological polar surface area (TPSA) is 80.8 Å². The molecule has 0 spiro atoms. The minimum atomic E-state index is -0.894. The second-order valence-electron chi connectivity index (χ2n) is 10.8. The third-order valence-corrected chi connectivity index (χ3v) is 8.03. The Bertz CT molecular complexity index is 1550. The maximum absolute atomic E-state index is 14.5. The third-order valence-electron chi connectivity index (χ3n) is 8.03. The molecule has 210 valence electrons. The number of anilines is 1. The minimum Gasteiger partial charge on any atom is -0.486 e. The highest BCUT2D eigenvalue weighted by molar-refractivity contribution is 6.10. The molecule has 1 N–H and O–H groups in total. The molecule has 0 radical (unpaired) electrons. The lowest BCUT2D eigenvalue weighted by Gasteiger charge is -2.34. The Morgan fingerprint density at radius 3 is 2.49 bits per heavy atom. The number of aryl methyl sites for hydroxylation is 1. The molecule has 1 aromatic heterocycles. The number of fused-ring (bicyclic) bond motifs is 2. The molecule has 7 heteroatoms. The van der Waals surface area contributed by atoms with Gasteiger partial charge in [0.2, 0.25) is 5.91 Å². The molecule has 4 aromatic rings. The van der Waals surface area contributed by atoms with E-state index in [0.29, 0.717) is 36.0 Å². The molecule has 2 aliphatic rings. The minimum absolute atomic E-state index is 0.0922. The van der Waals surface area contributed by atoms with Crippen molar-refractivity contribution in [3.8, 4) is 11.5 Å². The van der Waals surface area contributed by atoms with Crippen molar-refractivity contribution < 1.29 is 19.1 Å². The zero-order chi connectivity index (χ0) is 28.2. The smallest absolute Gasteiger partial charge is 0.259 e. The molecule has 0 bridgehead atoms. The number of amides is 2. The summed E-state index contributed by atoms with van der Waals surface area (Å²) in [6.07, 6.45) is 7.89. The average molecular weight is 550 g/mol. The van der Waals surface area contributed by atoms with Crippen LogP contribution in [-0.2, 0) is 11.2 Å². The Balaban J connectivity index is 1.47. The first kappa shape index (κ1) is 26.8. The van der Waals surface area contributed by atoms with Crippen LogP contribution in [0.3, 0.4) is 0 Å². The lowest BCUT2D eigenvalue weighted by molar-refractivity contribution is -0.123. The number of hydrogen-bond donors (Lipinski definition) is 1. The van der Waals surface area contributed by atoms with Gasteiger partial charge in [0, 0.05) is 28.9 Å². The first-order valence-corrected chi connectivity index (χ1v) is 14.6. The van der Waals surface area contributed by atoms with E-state index in [1.54, 1.807) is 29.3 Å². The van der Waals surface area contributed by atoms with Gasteiger partial charge in [-0.1, -0.05) is 50.5 Å². The van der Waals surface area contributed by atoms with E-state index >= 15 is 0 Å². The van der Waals surface area contributed by atoms with Crippen LogP contribution in [-0.4, -0.2) is 36.1 Å². The standard InChI is InChI=1S/C34H35N3O4/c1-2-23-10-14-28(15-11-23)37(34(39)26-13-17-30-31(22-26)41-20-19-40-30)32(33(38)36-27-8-4-3-5-9-27)25-12-16-29-24(21-25)7-6-18-35-29/h6-7,10-18,21-22,27,32H,2-5,8-9,19-20H2,1H3,(H,36,38)/t32-/m1/s1. The van der Waals surface area contributed by atoms with E-state index in [4.69, 9.17) is 9.47 Å². The number of carbonyl (C=O) groups is 2. The van der Waals surface area contributed by atoms with Crippen molar-refractivity contribution >= 4 is 28.4 Å². The highest BCUT2D eigenvalue weighted by Gasteiger charge is 2.35. The Labute approximate surface area is 240 Å². The predicted octanol–water partition coefficient (Wildman–Crippen LogP) is 6.41. The van der Waals surface area contributed by atoms with Crippen molar-refractivity contribution in [2.75, 3.05) is 18.1 Å². The summed E-state index contributed by atoms with van der Waals surface area (Å²) in [5, 5.41) is 4.21. The summed E-state index contributed by atoms with van der Waals surface area (Å²) < 4.78 is 11.5. The fraction of sp³-hybridized carbons (Fsp3) is 0.324. The van der Waals surface area contributed by atoms with Gasteiger partial charge >= 0.3 is 0 Å². The van der Waals surface area contributed by atoms with E-state index in [2.05, 4.69) is 17.2 Å². The molecule has 2 amide bonds. The fourth-order valence-corrected chi connectivity index (χ4v) is 5.80. The molecular weight excluding hydrogens is 514 g/mol. The summed E-state index contributed by atoms with van der Waals surface area (Å²) in [6.45, 7) is 2.98. The van der Waals surface area contributed by atoms with Crippen LogP contribution in [0.15, 0.2) is 79.0 Å². The summed E-state index contributed by atoms with van der Waals surface area (Å²) in [5.74, 6) is 0.663. The third kappa shape index (κ3) is 5.75. The number of hydrogen-bond acceptors (Lipinski definition) is 5. The summed E-state index contributed by atoms with van der Waals surface area (Å²) >= 11 is 0. The summed E-state index contributed by atoms with van der Waals surface area (Å²) in [7, 11) is 0. The van der Waals surface area contributed by atoms with Crippen molar-refractivity contribution in [2.24, 2.45) is 0 Å². The number of benzene rings is 3. The normalized spacial score (nSPS) is 15.7. The van der Waals surface area contributed by atoms with Crippen LogP contribution in [0.4, 0.5) is 5.69 Å². The Hall–Kier alpha value is -4.39. The molecule has 0 saturated heterocycles. The van der Waals surface area contributed by atoms with Gasteiger partial charge in [-0.2, -0.15) is 0 Å². The van der Waals surface area contributed by atoms with Crippen LogP contribution in [0.2, 0.25) is 0 Å². The van der Waals surface area contributed by atoms with Gasteiger partial charge in [0.05, 0.1) is 5.52 Å². The van der Waals surface area contributed by atoms with E-state index < -0.39 is 6.04 Å². The second kappa shape index (κ2) is 12.0. The van der Waals surface area contributed by atoms with E-state index in [-0.39, 0.29) is 17.9 Å². The van der Waals surface area contributed by atoms with Gasteiger partial charge in [-0.15, -0.1) is 0 Å². The highest BCUT2D eigenvalue weighted by Crippen LogP contribution is 2.35. The van der Waals surface area contributed by atoms with E-state index in [1.807, 2.05) is 54.6 Å². The zero-order valence-electron chi connectivity index (χ0n) is 23.3. The van der Waals surface area contributed by atoms with E-state index in [0.717, 1.165) is 54.1 Å². The van der Waals surface area contributed by atoms with Gasteiger partial charge in [-0.25, -0.2) is 0 Å². The highest BCUT2D eigenvalue weighted by atomic mass is 16.6. The van der Waals surface area contributed by atoms with Crippen molar-refractivity contribution in [2.45, 2.75) is 57.5 Å². The van der Waals surface area contributed by atoms with Crippen LogP contribution in [0.5, 0.6) is 11.5 Å². The predicted molar refractivity (Wildman–Crippen MR) is 160 cm³/mol. The molecule has 1 saturated carbocycles. The fourth-order valence-electron chi connectivity index (χ4n) is 5.80. The van der Waals surface area contributed by atoms with Crippen molar-refractivity contribution in [1.82, 2.24) is 10.3 Å². The summed E-state index contributed by atoms with van der Waals surface area (Å²) in [6, 6.07) is 21.9. The quantitative estimate of drug-likeness (QED) is 0.288. The number of pyridine rings is 1. The molecule has 1 atom stereocenters. The first-order valence-electron chi connectivity index (χ1n) is 14.6. The lowest BCUT2D eigenvalue weighted by Crippen LogP contribution is -2.47. The van der Waals surface area contributed by atoms with Gasteiger partial charge < -0.3 is 14.8 Å². The molecule has 1 fully saturated rings. The van der Waals surface area contributed by atoms with Crippen molar-refractivity contribution in [3.05, 3.63) is 95.7 Å². The monoisotopic (exact) mass is 549 g/mol. The molecule has 7 nitrogen and oxygen atoms in total. The number of ether oxygens (including phenoxy) is 2. The van der Waals surface area contributed by atoms with Gasteiger partial charge in [0.25, 0.3) is 5.91 Å². The average Bonchev–Trinajstić information content (AvgIpc) is 3.03. The largest absolute Gasteiger partial charge is 0.486 e. The maximum Gasteiger partial charge on any atom is 0.259 e.